The highest BCUT2D eigenvalue weighted by Gasteiger charge is 2.37. The van der Waals surface area contributed by atoms with E-state index in [1.54, 1.807) is 30.4 Å². The Morgan fingerprint density at radius 1 is 1.71 bits per heavy atom. The zero-order valence-electron chi connectivity index (χ0n) is 7.94. The molecular formula is C8H11N2OS3+. The van der Waals surface area contributed by atoms with Gasteiger partial charge in [0.05, 0.1) is 12.0 Å². The van der Waals surface area contributed by atoms with Gasteiger partial charge in [-0.1, -0.05) is 11.8 Å². The van der Waals surface area contributed by atoms with Crippen LogP contribution in [0.1, 0.15) is 13.8 Å². The van der Waals surface area contributed by atoms with Gasteiger partial charge in [-0.15, -0.1) is 10.1 Å². The highest BCUT2D eigenvalue weighted by molar-refractivity contribution is 8.42. The van der Waals surface area contributed by atoms with Crippen molar-refractivity contribution in [2.45, 2.75) is 18.6 Å². The molecule has 76 valence electrons. The number of thioether (sulfide) groups is 3. The molecule has 14 heavy (non-hydrogen) atoms. The minimum absolute atomic E-state index is 0.219. The first kappa shape index (κ1) is 10.4. The molecule has 2 aliphatic rings. The lowest BCUT2D eigenvalue weighted by Crippen LogP contribution is -2.78. The number of nitrogens with one attached hydrogen (secondary N) is 1. The summed E-state index contributed by atoms with van der Waals surface area (Å²) < 4.78 is 1.55. The first-order valence-electron chi connectivity index (χ1n) is 4.21. The molecule has 0 radical (unpaired) electrons. The number of rotatable bonds is 2. The van der Waals surface area contributed by atoms with Crippen LogP contribution in [0, 0.1) is 0 Å². The number of allylic oxidation sites excluding steroid dienone is 1. The molecule has 0 spiro atoms. The van der Waals surface area contributed by atoms with Crippen molar-refractivity contribution in [1.82, 2.24) is 5.01 Å². The predicted octanol–water partition coefficient (Wildman–Crippen LogP) is 0.601. The van der Waals surface area contributed by atoms with Crippen LogP contribution in [-0.4, -0.2) is 25.6 Å². The number of carbonyl (C=O) groups excluding carboxylic acids is 1. The molecule has 0 fully saturated rings. The molecule has 0 saturated heterocycles. The highest BCUT2D eigenvalue weighted by atomic mass is 32.2. The summed E-state index contributed by atoms with van der Waals surface area (Å²) in [7, 11) is 0. The van der Waals surface area contributed by atoms with Gasteiger partial charge in [-0.05, 0) is 37.4 Å². The van der Waals surface area contributed by atoms with Crippen LogP contribution in [-0.2, 0) is 4.79 Å². The number of hydrazine groups is 1. The van der Waals surface area contributed by atoms with Crippen LogP contribution in [0.25, 0.3) is 0 Å². The maximum absolute atomic E-state index is 10.8. The molecule has 6 heteroatoms. The Bertz CT molecular complexity index is 327. The van der Waals surface area contributed by atoms with Gasteiger partial charge in [0, 0.05) is 4.91 Å². The Balaban J connectivity index is 1.92. The molecule has 3 nitrogen and oxygen atoms in total. The second-order valence-electron chi connectivity index (χ2n) is 3.08. The normalized spacial score (nSPS) is 24.7. The van der Waals surface area contributed by atoms with E-state index in [2.05, 4.69) is 23.2 Å². The first-order chi connectivity index (χ1) is 6.65. The molecule has 0 aromatic heterocycles. The average molecular weight is 247 g/mol. The van der Waals surface area contributed by atoms with Crippen LogP contribution < -0.4 is 5.10 Å². The first-order valence-corrected chi connectivity index (χ1v) is 6.95. The second-order valence-corrected chi connectivity index (χ2v) is 7.04. The van der Waals surface area contributed by atoms with Crippen molar-refractivity contribution in [2.24, 2.45) is 0 Å². The van der Waals surface area contributed by atoms with E-state index in [0.717, 1.165) is 4.38 Å². The number of ketones is 1. The van der Waals surface area contributed by atoms with Crippen LogP contribution in [0.2, 0.25) is 0 Å². The topological polar surface area (TPSA) is 34.3 Å². The van der Waals surface area contributed by atoms with Gasteiger partial charge >= 0.3 is 0 Å². The van der Waals surface area contributed by atoms with E-state index in [4.69, 9.17) is 0 Å². The van der Waals surface area contributed by atoms with Crippen molar-refractivity contribution >= 4 is 45.4 Å². The number of fused-ring (bicyclic) bond motifs is 1. The lowest BCUT2D eigenvalue weighted by Gasteiger charge is -2.01. The molecule has 0 amide bonds. The van der Waals surface area contributed by atoms with Gasteiger partial charge in [-0.2, -0.15) is 0 Å². The maximum Gasteiger partial charge on any atom is 0.300 e. The zero-order chi connectivity index (χ0) is 10.1. The fraction of sp³-hybridized carbons (Fsp3) is 0.500. The standard InChI is InChI=1S/C8H10N2OS3/c1-5(11)4-12-7-9-10-3-6(2)13-8(10)14-7/h3,8H,4H2,1-2H3/p+1. The lowest BCUT2D eigenvalue weighted by atomic mass is 10.5. The Morgan fingerprint density at radius 3 is 3.14 bits per heavy atom. The van der Waals surface area contributed by atoms with Crippen molar-refractivity contribution < 1.29 is 9.90 Å². The minimum Gasteiger partial charge on any atom is -0.299 e. The molecule has 0 aliphatic carbocycles. The van der Waals surface area contributed by atoms with Crippen molar-refractivity contribution in [3.63, 3.8) is 0 Å². The van der Waals surface area contributed by atoms with Gasteiger partial charge in [-0.3, -0.25) is 4.79 Å². The summed E-state index contributed by atoms with van der Waals surface area (Å²) in [5.41, 5.74) is 0. The van der Waals surface area contributed by atoms with Gasteiger partial charge in [-0.25, -0.2) is 0 Å². The maximum atomic E-state index is 10.8. The molecule has 1 atom stereocenters. The summed E-state index contributed by atoms with van der Waals surface area (Å²) >= 11 is 5.21. The molecule has 2 aliphatic heterocycles. The van der Waals surface area contributed by atoms with Crippen molar-refractivity contribution in [2.75, 3.05) is 5.75 Å². The van der Waals surface area contributed by atoms with Crippen LogP contribution in [0.15, 0.2) is 11.1 Å². The number of hydrogen-bond acceptors (Lipinski definition) is 5. The summed E-state index contributed by atoms with van der Waals surface area (Å²) in [5, 5.41) is 5.36. The van der Waals surface area contributed by atoms with Crippen LogP contribution >= 0.6 is 35.3 Å². The lowest BCUT2D eigenvalue weighted by molar-refractivity contribution is -0.617. The van der Waals surface area contributed by atoms with Crippen molar-refractivity contribution in [1.29, 1.82) is 0 Å². The zero-order valence-corrected chi connectivity index (χ0v) is 10.4. The molecule has 0 saturated carbocycles. The SMILES string of the molecule is CC(=O)CSC1=[NH+]N2C=C(C)SC2S1. The Labute approximate surface area is 95.7 Å². The summed E-state index contributed by atoms with van der Waals surface area (Å²) in [5.74, 6) is 0.778. The number of Topliss-reactive ketones (excluding diaryl/α,β-unsaturated/α-hetero) is 1. The Hall–Kier alpha value is -0.0700. The molecule has 2 rings (SSSR count). The average Bonchev–Trinajstić information content (AvgIpc) is 2.57. The number of nitrogens with zero attached hydrogens (tertiary/aromatic N) is 1. The number of hydrazone groups is 1. The van der Waals surface area contributed by atoms with E-state index in [0.29, 0.717) is 10.5 Å². The van der Waals surface area contributed by atoms with Crippen LogP contribution in [0.5, 0.6) is 0 Å². The van der Waals surface area contributed by atoms with E-state index < -0.39 is 0 Å². The largest absolute Gasteiger partial charge is 0.300 e. The third-order valence-electron chi connectivity index (χ3n) is 1.67. The fourth-order valence-electron chi connectivity index (χ4n) is 1.13. The van der Waals surface area contributed by atoms with Gasteiger partial charge in [0.15, 0.2) is 4.71 Å². The molecule has 0 aromatic carbocycles. The highest BCUT2D eigenvalue weighted by Crippen LogP contribution is 2.40. The number of carbonyl (C=O) groups is 1. The monoisotopic (exact) mass is 247 g/mol. The summed E-state index contributed by atoms with van der Waals surface area (Å²) in [4.78, 5) is 12.1. The smallest absolute Gasteiger partial charge is 0.299 e. The molecule has 0 aromatic rings. The van der Waals surface area contributed by atoms with E-state index in [1.165, 1.54) is 4.91 Å². The van der Waals surface area contributed by atoms with E-state index in [1.807, 2.05) is 11.8 Å². The summed E-state index contributed by atoms with van der Waals surface area (Å²) in [6, 6.07) is 0. The molecule has 2 heterocycles. The van der Waals surface area contributed by atoms with Gasteiger partial charge in [0.1, 0.15) is 5.78 Å². The quantitative estimate of drug-likeness (QED) is 0.773. The van der Waals surface area contributed by atoms with Crippen molar-refractivity contribution in [3.05, 3.63) is 11.1 Å². The van der Waals surface area contributed by atoms with Gasteiger partial charge in [0.2, 0.25) is 0 Å². The minimum atomic E-state index is 0.219. The second kappa shape index (κ2) is 4.20. The summed E-state index contributed by atoms with van der Waals surface area (Å²) in [6.45, 7) is 3.72. The van der Waals surface area contributed by atoms with E-state index in [-0.39, 0.29) is 5.78 Å². The van der Waals surface area contributed by atoms with Gasteiger partial charge in [0.25, 0.3) is 4.38 Å². The third kappa shape index (κ3) is 2.29. The molecule has 1 unspecified atom stereocenters. The molecule has 1 N–H and O–H groups in total. The third-order valence-corrected chi connectivity index (χ3v) is 5.43. The Kier molecular flexibility index (Phi) is 3.14. The Morgan fingerprint density at radius 2 is 2.50 bits per heavy atom. The summed E-state index contributed by atoms with van der Waals surface area (Å²) in [6.07, 6.45) is 2.10. The van der Waals surface area contributed by atoms with E-state index >= 15 is 0 Å². The fourth-order valence-corrected chi connectivity index (χ4v) is 4.76. The number of hydrogen-bond donors (Lipinski definition) is 1. The molecular weight excluding hydrogens is 236 g/mol. The van der Waals surface area contributed by atoms with Gasteiger partial charge < -0.3 is 0 Å². The molecule has 0 bridgehead atoms. The van der Waals surface area contributed by atoms with Crippen LogP contribution in [0.3, 0.4) is 0 Å². The van der Waals surface area contributed by atoms with E-state index in [9.17, 15) is 4.79 Å². The van der Waals surface area contributed by atoms with Crippen LogP contribution in [0.4, 0.5) is 0 Å². The predicted molar refractivity (Wildman–Crippen MR) is 63.7 cm³/mol. The van der Waals surface area contributed by atoms with Crippen molar-refractivity contribution in [3.8, 4) is 0 Å².